The average molecular weight is 513 g/mol. The van der Waals surface area contributed by atoms with Gasteiger partial charge in [0.2, 0.25) is 5.91 Å². The van der Waals surface area contributed by atoms with Crippen molar-refractivity contribution in [2.75, 3.05) is 32.2 Å². The minimum Gasteiger partial charge on any atom is -0.496 e. The van der Waals surface area contributed by atoms with Crippen LogP contribution in [0.4, 0.5) is 5.69 Å². The number of nitrogens with zero attached hydrogens (tertiary/aromatic N) is 1. The zero-order valence-electron chi connectivity index (χ0n) is 21.1. The number of carbonyl (C=O) groups excluding carboxylic acids is 1. The molecule has 0 aliphatic carbocycles. The van der Waals surface area contributed by atoms with Gasteiger partial charge in [-0.05, 0) is 54.8 Å². The van der Waals surface area contributed by atoms with Crippen LogP contribution in [0.1, 0.15) is 30.5 Å². The molecule has 36 heavy (non-hydrogen) atoms. The third-order valence-corrected chi connectivity index (χ3v) is 7.63. The predicted octanol–water partition coefficient (Wildman–Crippen LogP) is 4.48. The van der Waals surface area contributed by atoms with Crippen LogP contribution >= 0.6 is 0 Å². The van der Waals surface area contributed by atoms with Crippen LogP contribution in [0.25, 0.3) is 0 Å². The second kappa shape index (κ2) is 11.8. The van der Waals surface area contributed by atoms with Gasteiger partial charge in [-0.25, -0.2) is 8.42 Å². The number of hydrogen-bond donors (Lipinski definition) is 1. The van der Waals surface area contributed by atoms with E-state index in [1.807, 2.05) is 32.0 Å². The highest BCUT2D eigenvalue weighted by atomic mass is 32.2. The number of amides is 1. The molecule has 0 aliphatic heterocycles. The Kier molecular flexibility index (Phi) is 8.82. The zero-order chi connectivity index (χ0) is 26.3. The molecule has 0 aromatic heterocycles. The van der Waals surface area contributed by atoms with Gasteiger partial charge in [0.1, 0.15) is 12.3 Å². The van der Waals surface area contributed by atoms with Gasteiger partial charge in [0, 0.05) is 6.07 Å². The van der Waals surface area contributed by atoms with E-state index in [9.17, 15) is 13.2 Å². The number of nitrogens with one attached hydrogen (secondary N) is 1. The summed E-state index contributed by atoms with van der Waals surface area (Å²) in [5, 5.41) is 2.98. The average Bonchev–Trinajstić information content (AvgIpc) is 2.90. The van der Waals surface area contributed by atoms with E-state index in [1.54, 1.807) is 37.4 Å². The maximum Gasteiger partial charge on any atom is 0.264 e. The molecular weight excluding hydrogens is 480 g/mol. The van der Waals surface area contributed by atoms with E-state index in [-0.39, 0.29) is 16.6 Å². The van der Waals surface area contributed by atoms with Crippen molar-refractivity contribution in [1.82, 2.24) is 5.32 Å². The predicted molar refractivity (Wildman–Crippen MR) is 139 cm³/mol. The van der Waals surface area contributed by atoms with E-state index in [0.29, 0.717) is 17.9 Å². The van der Waals surface area contributed by atoms with Gasteiger partial charge in [0.15, 0.2) is 11.5 Å². The van der Waals surface area contributed by atoms with Crippen molar-refractivity contribution >= 4 is 21.6 Å². The Hall–Kier alpha value is -3.72. The summed E-state index contributed by atoms with van der Waals surface area (Å²) in [6, 6.07) is 18.1. The number of ether oxygens (including phenoxy) is 3. The molecule has 3 aromatic carbocycles. The lowest BCUT2D eigenvalue weighted by molar-refractivity contribution is -0.120. The van der Waals surface area contributed by atoms with Crippen LogP contribution in [-0.4, -0.2) is 42.2 Å². The largest absolute Gasteiger partial charge is 0.496 e. The Bertz CT molecular complexity index is 1290. The third-order valence-electron chi connectivity index (χ3n) is 5.84. The SMILES string of the molecule is CC[C@@H](NC(=O)CN(c1ccc(OC)c(OC)c1)S(=O)(=O)c1ccccc1)c1ccc(OC)c(C)c1. The Morgan fingerprint density at radius 1 is 0.889 bits per heavy atom. The van der Waals surface area contributed by atoms with Crippen LogP contribution in [0.15, 0.2) is 71.6 Å². The lowest BCUT2D eigenvalue weighted by atomic mass is 10.0. The standard InChI is InChI=1S/C27H32N2O6S/c1-6-23(20-12-14-24(33-3)19(2)16-20)28-27(30)18-29(36(31,32)22-10-8-7-9-11-22)21-13-15-25(34-4)26(17-21)35-5/h7-17,23H,6,18H2,1-5H3,(H,28,30)/t23-/m1/s1. The first-order valence-corrected chi connectivity index (χ1v) is 12.9. The minimum absolute atomic E-state index is 0.0744. The third kappa shape index (κ3) is 5.91. The monoisotopic (exact) mass is 512 g/mol. The molecule has 8 nitrogen and oxygen atoms in total. The molecular formula is C27H32N2O6S. The molecule has 0 fully saturated rings. The molecule has 1 amide bonds. The lowest BCUT2D eigenvalue weighted by Crippen LogP contribution is -2.42. The number of rotatable bonds is 11. The number of methoxy groups -OCH3 is 3. The molecule has 3 rings (SSSR count). The van der Waals surface area contributed by atoms with Crippen molar-refractivity contribution in [2.45, 2.75) is 31.2 Å². The van der Waals surface area contributed by atoms with E-state index in [1.165, 1.54) is 32.4 Å². The van der Waals surface area contributed by atoms with E-state index in [4.69, 9.17) is 14.2 Å². The summed E-state index contributed by atoms with van der Waals surface area (Å²) in [6.07, 6.45) is 0.624. The van der Waals surface area contributed by atoms with Gasteiger partial charge in [-0.2, -0.15) is 0 Å². The molecule has 9 heteroatoms. The van der Waals surface area contributed by atoms with Gasteiger partial charge >= 0.3 is 0 Å². The summed E-state index contributed by atoms with van der Waals surface area (Å²) >= 11 is 0. The van der Waals surface area contributed by atoms with Crippen molar-refractivity contribution in [3.8, 4) is 17.2 Å². The zero-order valence-corrected chi connectivity index (χ0v) is 22.0. The summed E-state index contributed by atoms with van der Waals surface area (Å²) in [5.74, 6) is 1.12. The fourth-order valence-electron chi connectivity index (χ4n) is 3.92. The first-order chi connectivity index (χ1) is 17.2. The second-order valence-corrected chi connectivity index (χ2v) is 9.98. The smallest absolute Gasteiger partial charge is 0.264 e. The first-order valence-electron chi connectivity index (χ1n) is 11.5. The van der Waals surface area contributed by atoms with Gasteiger partial charge in [0.25, 0.3) is 10.0 Å². The molecule has 1 N–H and O–H groups in total. The number of hydrogen-bond acceptors (Lipinski definition) is 6. The van der Waals surface area contributed by atoms with Gasteiger partial charge in [-0.15, -0.1) is 0 Å². The fourth-order valence-corrected chi connectivity index (χ4v) is 5.36. The molecule has 3 aromatic rings. The highest BCUT2D eigenvalue weighted by molar-refractivity contribution is 7.92. The topological polar surface area (TPSA) is 94.2 Å². The fraction of sp³-hybridized carbons (Fsp3) is 0.296. The quantitative estimate of drug-likeness (QED) is 0.407. The molecule has 0 saturated heterocycles. The lowest BCUT2D eigenvalue weighted by Gasteiger charge is -2.26. The van der Waals surface area contributed by atoms with Crippen LogP contribution in [0.2, 0.25) is 0 Å². The minimum atomic E-state index is -4.06. The van der Waals surface area contributed by atoms with Crippen LogP contribution < -0.4 is 23.8 Å². The van der Waals surface area contributed by atoms with Crippen LogP contribution in [0.5, 0.6) is 17.2 Å². The normalized spacial score (nSPS) is 11.9. The molecule has 0 radical (unpaired) electrons. The Morgan fingerprint density at radius 3 is 2.11 bits per heavy atom. The molecule has 0 heterocycles. The molecule has 0 bridgehead atoms. The molecule has 0 saturated carbocycles. The van der Waals surface area contributed by atoms with E-state index >= 15 is 0 Å². The summed E-state index contributed by atoms with van der Waals surface area (Å²) in [7, 11) is 0.512. The van der Waals surface area contributed by atoms with Gasteiger partial charge in [-0.1, -0.05) is 37.3 Å². The molecule has 0 spiro atoms. The summed E-state index contributed by atoms with van der Waals surface area (Å²) in [5.41, 5.74) is 2.13. The van der Waals surface area contributed by atoms with Gasteiger partial charge in [0.05, 0.1) is 38.0 Å². The van der Waals surface area contributed by atoms with Crippen LogP contribution in [-0.2, 0) is 14.8 Å². The van der Waals surface area contributed by atoms with Crippen molar-refractivity contribution < 1.29 is 27.4 Å². The molecule has 192 valence electrons. The van der Waals surface area contributed by atoms with Crippen molar-refractivity contribution in [3.63, 3.8) is 0 Å². The van der Waals surface area contributed by atoms with E-state index in [2.05, 4.69) is 5.32 Å². The molecule has 0 aliphatic rings. The van der Waals surface area contributed by atoms with E-state index in [0.717, 1.165) is 21.2 Å². The van der Waals surface area contributed by atoms with Gasteiger partial charge < -0.3 is 19.5 Å². The highest BCUT2D eigenvalue weighted by Gasteiger charge is 2.29. The Labute approximate surface area is 212 Å². The Balaban J connectivity index is 1.95. The summed E-state index contributed by atoms with van der Waals surface area (Å²) in [4.78, 5) is 13.3. The van der Waals surface area contributed by atoms with Crippen molar-refractivity contribution in [3.05, 3.63) is 77.9 Å². The number of carbonyl (C=O) groups is 1. The summed E-state index contributed by atoms with van der Waals surface area (Å²) in [6.45, 7) is 3.47. The van der Waals surface area contributed by atoms with Crippen LogP contribution in [0, 0.1) is 6.92 Å². The van der Waals surface area contributed by atoms with Gasteiger partial charge in [-0.3, -0.25) is 9.10 Å². The number of benzene rings is 3. The second-order valence-electron chi connectivity index (χ2n) is 8.12. The maximum absolute atomic E-state index is 13.6. The Morgan fingerprint density at radius 2 is 1.53 bits per heavy atom. The highest BCUT2D eigenvalue weighted by Crippen LogP contribution is 2.34. The van der Waals surface area contributed by atoms with Crippen LogP contribution in [0.3, 0.4) is 0 Å². The molecule has 1 atom stereocenters. The number of sulfonamides is 1. The number of anilines is 1. The molecule has 0 unspecified atom stereocenters. The maximum atomic E-state index is 13.6. The first kappa shape index (κ1) is 26.9. The van der Waals surface area contributed by atoms with Crippen molar-refractivity contribution in [1.29, 1.82) is 0 Å². The van der Waals surface area contributed by atoms with E-state index < -0.39 is 22.5 Å². The van der Waals surface area contributed by atoms with Crippen molar-refractivity contribution in [2.24, 2.45) is 0 Å². The number of aryl methyl sites for hydroxylation is 1. The summed E-state index contributed by atoms with van der Waals surface area (Å²) < 4.78 is 44.3.